The molecule has 6 heterocycles. The summed E-state index contributed by atoms with van der Waals surface area (Å²) in [7, 11) is 1.68. The van der Waals surface area contributed by atoms with E-state index in [4.69, 9.17) is 33.7 Å². The molecular formula is C44H48N6O7. The van der Waals surface area contributed by atoms with Crippen LogP contribution >= 0.6 is 0 Å². The van der Waals surface area contributed by atoms with Gasteiger partial charge in [0.15, 0.2) is 0 Å². The van der Waals surface area contributed by atoms with Crippen molar-refractivity contribution in [2.45, 2.75) is 78.0 Å². The predicted molar refractivity (Wildman–Crippen MR) is 211 cm³/mol. The molecule has 2 aromatic heterocycles. The Hall–Kier alpha value is -5.82. The van der Waals surface area contributed by atoms with Crippen LogP contribution in [0.15, 0.2) is 67.0 Å². The maximum atomic E-state index is 13.3. The van der Waals surface area contributed by atoms with E-state index in [1.54, 1.807) is 16.9 Å². The van der Waals surface area contributed by atoms with Gasteiger partial charge in [0.25, 0.3) is 0 Å². The van der Waals surface area contributed by atoms with E-state index < -0.39 is 5.60 Å². The number of likely N-dealkylation sites (tertiary alicyclic amines) is 2. The average Bonchev–Trinajstić information content (AvgIpc) is 4.02. The Bertz CT molecular complexity index is 2260. The van der Waals surface area contributed by atoms with Crippen molar-refractivity contribution in [1.82, 2.24) is 29.7 Å². The van der Waals surface area contributed by atoms with Gasteiger partial charge < -0.3 is 33.7 Å². The van der Waals surface area contributed by atoms with Crippen LogP contribution in [0.4, 0.5) is 9.59 Å². The average molecular weight is 773 g/mol. The van der Waals surface area contributed by atoms with Crippen molar-refractivity contribution in [1.29, 1.82) is 0 Å². The number of nitrogens with one attached hydrogen (secondary N) is 2. The van der Waals surface area contributed by atoms with Gasteiger partial charge in [0.05, 0.1) is 42.5 Å². The molecular weight excluding hydrogens is 725 g/mol. The van der Waals surface area contributed by atoms with Crippen molar-refractivity contribution in [3.05, 3.63) is 95.3 Å². The van der Waals surface area contributed by atoms with E-state index >= 15 is 0 Å². The highest BCUT2D eigenvalue weighted by Crippen LogP contribution is 2.51. The number of aromatic amines is 2. The molecule has 4 atom stereocenters. The number of H-pyrrole nitrogens is 2. The third kappa shape index (κ3) is 7.20. The summed E-state index contributed by atoms with van der Waals surface area (Å²) in [6, 6.07) is 17.6. The molecule has 0 aliphatic carbocycles. The number of carbonyl (C=O) groups excluding carboxylic acids is 2. The molecule has 2 N–H and O–H groups in total. The summed E-state index contributed by atoms with van der Waals surface area (Å²) in [5.74, 6) is 3.51. The molecule has 0 unspecified atom stereocenters. The lowest BCUT2D eigenvalue weighted by atomic mass is 9.87. The fourth-order valence-electron chi connectivity index (χ4n) is 8.67. The summed E-state index contributed by atoms with van der Waals surface area (Å²) in [5, 5.41) is 0. The molecule has 2 fully saturated rings. The summed E-state index contributed by atoms with van der Waals surface area (Å²) < 4.78 is 29.8. The topological polar surface area (TPSA) is 144 Å². The summed E-state index contributed by atoms with van der Waals surface area (Å²) >= 11 is 0. The van der Waals surface area contributed by atoms with Crippen LogP contribution in [-0.4, -0.2) is 74.3 Å². The van der Waals surface area contributed by atoms with E-state index in [2.05, 4.69) is 41.2 Å². The Morgan fingerprint density at radius 1 is 0.807 bits per heavy atom. The van der Waals surface area contributed by atoms with Crippen molar-refractivity contribution in [2.75, 3.05) is 26.8 Å². The highest BCUT2D eigenvalue weighted by molar-refractivity contribution is 5.88. The minimum absolute atomic E-state index is 0.174. The number of ether oxygens (including phenoxy) is 5. The number of imidazole rings is 2. The molecule has 3 aromatic carbocycles. The van der Waals surface area contributed by atoms with Gasteiger partial charge in [-0.15, -0.1) is 0 Å². The standard InChI is InChI=1S/C44H48N6O7/c1-25-11-34(49(19-25)42(51)56-22-26-9-7-6-8-10-26)40-45-17-32(47-40)28-13-30-23-55-37-16-29(14-31-24-54-36(15-28)38(30)39(31)37)33-18-46-41(48-33)35-12-27(21-53-5)20-50(35)43(52)57-44(2,3)4/h6-10,13-18,25,27,34-35H,11-12,19-24H2,1-5H3,(H,45,47)(H,46,48)/t25-,27-,34-,35-/m0/s1. The number of hydrogen-bond donors (Lipinski definition) is 2. The second-order valence-electron chi connectivity index (χ2n) is 16.7. The SMILES string of the molecule is COC[C@H]1C[C@@H](c2ncc(-c3cc4c5c(c3)OCc3cc(-c6cnc([C@@H]7C[C@H](C)CN7C(=O)OCc7ccccc7)[nH]6)cc(c3-5)OC4)[nH]2)N(C(=O)OC(C)(C)C)C1. The van der Waals surface area contributed by atoms with Crippen LogP contribution < -0.4 is 9.47 Å². The third-order valence-electron chi connectivity index (χ3n) is 11.2. The van der Waals surface area contributed by atoms with Gasteiger partial charge in [0, 0.05) is 59.5 Å². The lowest BCUT2D eigenvalue weighted by Crippen LogP contribution is -2.37. The van der Waals surface area contributed by atoms with Crippen LogP contribution in [0.1, 0.15) is 81.0 Å². The zero-order valence-corrected chi connectivity index (χ0v) is 33.0. The fraction of sp³-hybridized carbons (Fsp3) is 0.409. The Labute approximate surface area is 331 Å². The lowest BCUT2D eigenvalue weighted by Gasteiger charge is -2.30. The molecule has 2 amide bonds. The number of methoxy groups -OCH3 is 1. The summed E-state index contributed by atoms with van der Waals surface area (Å²) in [6.07, 6.45) is 4.46. The molecule has 0 saturated carbocycles. The highest BCUT2D eigenvalue weighted by Gasteiger charge is 2.41. The first kappa shape index (κ1) is 36.8. The van der Waals surface area contributed by atoms with Gasteiger partial charge in [-0.2, -0.15) is 0 Å². The van der Waals surface area contributed by atoms with Crippen molar-refractivity contribution < 1.29 is 33.3 Å². The number of amides is 2. The molecule has 13 nitrogen and oxygen atoms in total. The van der Waals surface area contributed by atoms with Crippen LogP contribution in [0.3, 0.4) is 0 Å². The number of benzene rings is 3. The Kier molecular flexibility index (Phi) is 9.42. The summed E-state index contributed by atoms with van der Waals surface area (Å²) in [5.41, 5.74) is 8.00. The number of carbonyl (C=O) groups is 2. The predicted octanol–water partition coefficient (Wildman–Crippen LogP) is 8.58. The minimum Gasteiger partial charge on any atom is -0.488 e. The second kappa shape index (κ2) is 14.6. The van der Waals surface area contributed by atoms with Gasteiger partial charge >= 0.3 is 12.2 Å². The van der Waals surface area contributed by atoms with Crippen molar-refractivity contribution in [3.63, 3.8) is 0 Å². The first-order valence-corrected chi connectivity index (χ1v) is 19.7. The maximum Gasteiger partial charge on any atom is 0.410 e. The number of aromatic nitrogens is 4. The summed E-state index contributed by atoms with van der Waals surface area (Å²) in [4.78, 5) is 46.6. The number of nitrogens with zero attached hydrogens (tertiary/aromatic N) is 4. The van der Waals surface area contributed by atoms with Crippen LogP contribution in [0.5, 0.6) is 11.5 Å². The van der Waals surface area contributed by atoms with Gasteiger partial charge in [-0.3, -0.25) is 9.80 Å². The van der Waals surface area contributed by atoms with E-state index in [1.807, 2.05) is 63.5 Å². The molecule has 2 saturated heterocycles. The van der Waals surface area contributed by atoms with E-state index in [1.165, 1.54) is 0 Å². The van der Waals surface area contributed by atoms with Crippen LogP contribution in [-0.2, 0) is 34.0 Å². The molecule has 4 aliphatic heterocycles. The third-order valence-corrected chi connectivity index (χ3v) is 11.2. The molecule has 9 rings (SSSR count). The normalized spacial score (nSPS) is 20.9. The van der Waals surface area contributed by atoms with E-state index in [-0.39, 0.29) is 36.8 Å². The van der Waals surface area contributed by atoms with E-state index in [0.717, 1.165) is 80.5 Å². The molecule has 0 bridgehead atoms. The number of hydrogen-bond acceptors (Lipinski definition) is 9. The van der Waals surface area contributed by atoms with Gasteiger partial charge in [0.2, 0.25) is 0 Å². The Balaban J connectivity index is 0.944. The smallest absolute Gasteiger partial charge is 0.410 e. The largest absolute Gasteiger partial charge is 0.488 e. The van der Waals surface area contributed by atoms with Crippen molar-refractivity contribution >= 4 is 12.2 Å². The molecule has 4 aliphatic rings. The Morgan fingerprint density at radius 2 is 1.39 bits per heavy atom. The van der Waals surface area contributed by atoms with Gasteiger partial charge in [0.1, 0.15) is 48.6 Å². The molecule has 57 heavy (non-hydrogen) atoms. The van der Waals surface area contributed by atoms with Crippen molar-refractivity contribution in [3.8, 4) is 45.1 Å². The van der Waals surface area contributed by atoms with Crippen molar-refractivity contribution in [2.24, 2.45) is 11.8 Å². The highest BCUT2D eigenvalue weighted by atomic mass is 16.6. The zero-order chi connectivity index (χ0) is 39.4. The van der Waals surface area contributed by atoms with Gasteiger partial charge in [-0.25, -0.2) is 19.6 Å². The molecule has 13 heteroatoms. The lowest BCUT2D eigenvalue weighted by molar-refractivity contribution is 0.0208. The minimum atomic E-state index is -0.608. The molecule has 0 radical (unpaired) electrons. The number of rotatable bonds is 8. The quantitative estimate of drug-likeness (QED) is 0.159. The zero-order valence-electron chi connectivity index (χ0n) is 33.0. The Morgan fingerprint density at radius 3 is 1.96 bits per heavy atom. The first-order valence-electron chi connectivity index (χ1n) is 19.7. The maximum absolute atomic E-state index is 13.3. The van der Waals surface area contributed by atoms with Crippen LogP contribution in [0.25, 0.3) is 33.6 Å². The molecule has 5 aromatic rings. The molecule has 0 spiro atoms. The van der Waals surface area contributed by atoms with Gasteiger partial charge in [-0.1, -0.05) is 37.3 Å². The van der Waals surface area contributed by atoms with Crippen LogP contribution in [0.2, 0.25) is 0 Å². The van der Waals surface area contributed by atoms with Gasteiger partial charge in [-0.05, 0) is 69.4 Å². The van der Waals surface area contributed by atoms with Crippen LogP contribution in [0, 0.1) is 11.8 Å². The summed E-state index contributed by atoms with van der Waals surface area (Å²) in [6.45, 7) is 10.4. The second-order valence-corrected chi connectivity index (χ2v) is 16.7. The molecule has 296 valence electrons. The first-order chi connectivity index (χ1) is 27.5. The monoisotopic (exact) mass is 772 g/mol. The fourth-order valence-corrected chi connectivity index (χ4v) is 8.67. The van der Waals surface area contributed by atoms with E-state index in [0.29, 0.717) is 44.7 Å². The van der Waals surface area contributed by atoms with E-state index in [9.17, 15) is 9.59 Å².